The Hall–Kier alpha value is -1.87. The fourth-order valence-corrected chi connectivity index (χ4v) is 4.95. The third kappa shape index (κ3) is 4.21. The van der Waals surface area contributed by atoms with E-state index in [0.717, 1.165) is 37.2 Å². The van der Waals surface area contributed by atoms with Crippen LogP contribution in [-0.2, 0) is 6.54 Å². The Balaban J connectivity index is 1.15. The number of halogens is 2. The molecule has 0 radical (unpaired) electrons. The Bertz CT molecular complexity index is 854. The summed E-state index contributed by atoms with van der Waals surface area (Å²) in [4.78, 5) is 20.0. The van der Waals surface area contributed by atoms with Crippen LogP contribution in [0.25, 0.3) is 0 Å². The lowest BCUT2D eigenvalue weighted by Gasteiger charge is -2.44. The third-order valence-corrected chi connectivity index (χ3v) is 7.23. The summed E-state index contributed by atoms with van der Waals surface area (Å²) in [6, 6.07) is 2.40. The van der Waals surface area contributed by atoms with Gasteiger partial charge in [0.2, 0.25) is 0 Å². The maximum absolute atomic E-state index is 13.4. The fourth-order valence-electron chi connectivity index (χ4n) is 3.96. The summed E-state index contributed by atoms with van der Waals surface area (Å²) in [5.41, 5.74) is 1.17. The van der Waals surface area contributed by atoms with Crippen LogP contribution in [0.3, 0.4) is 0 Å². The molecule has 0 N–H and O–H groups in total. The standard InChI is InChI=1S/C20H26F2N6S/c1-26(9-15-12-29-19(25-15)14-2-3-14)16-10-28(11-16)18-8-17(23-13-24-18)27-6-4-20(21,22)5-7-27/h8,12-14,16H,2-7,9-11H2,1H3. The van der Waals surface area contributed by atoms with Crippen molar-refractivity contribution in [3.63, 3.8) is 0 Å². The lowest BCUT2D eigenvalue weighted by atomic mass is 10.1. The Morgan fingerprint density at radius 2 is 1.83 bits per heavy atom. The Morgan fingerprint density at radius 3 is 2.52 bits per heavy atom. The molecule has 5 rings (SSSR count). The molecule has 2 aromatic heterocycles. The van der Waals surface area contributed by atoms with Crippen molar-refractivity contribution in [3.8, 4) is 0 Å². The van der Waals surface area contributed by atoms with Gasteiger partial charge in [-0.1, -0.05) is 0 Å². The largest absolute Gasteiger partial charge is 0.356 e. The zero-order valence-electron chi connectivity index (χ0n) is 16.6. The van der Waals surface area contributed by atoms with Crippen molar-refractivity contribution in [1.82, 2.24) is 19.9 Å². The van der Waals surface area contributed by atoms with Crippen molar-refractivity contribution >= 4 is 23.0 Å². The summed E-state index contributed by atoms with van der Waals surface area (Å²) in [7, 11) is 2.15. The zero-order valence-corrected chi connectivity index (χ0v) is 17.4. The average Bonchev–Trinajstić information content (AvgIpc) is 3.40. The lowest BCUT2D eigenvalue weighted by Crippen LogP contribution is -2.58. The van der Waals surface area contributed by atoms with Gasteiger partial charge >= 0.3 is 0 Å². The Labute approximate surface area is 173 Å². The van der Waals surface area contributed by atoms with Crippen molar-refractivity contribution in [2.45, 2.75) is 50.1 Å². The van der Waals surface area contributed by atoms with Crippen molar-refractivity contribution < 1.29 is 8.78 Å². The molecule has 0 spiro atoms. The van der Waals surface area contributed by atoms with Crippen LogP contribution in [0.1, 0.15) is 42.3 Å². The van der Waals surface area contributed by atoms with E-state index in [2.05, 4.69) is 32.2 Å². The van der Waals surface area contributed by atoms with Crippen LogP contribution in [0.2, 0.25) is 0 Å². The second-order valence-electron chi connectivity index (χ2n) is 8.50. The molecule has 0 unspecified atom stereocenters. The molecule has 0 aromatic carbocycles. The quantitative estimate of drug-likeness (QED) is 0.714. The van der Waals surface area contributed by atoms with E-state index in [1.165, 1.54) is 23.5 Å². The Kier molecular flexibility index (Phi) is 4.90. The number of aromatic nitrogens is 3. The second-order valence-corrected chi connectivity index (χ2v) is 9.39. The molecule has 156 valence electrons. The molecule has 29 heavy (non-hydrogen) atoms. The van der Waals surface area contributed by atoms with E-state index in [4.69, 9.17) is 4.98 Å². The summed E-state index contributed by atoms with van der Waals surface area (Å²) in [6.45, 7) is 3.37. The van der Waals surface area contributed by atoms with Gasteiger partial charge < -0.3 is 9.80 Å². The minimum Gasteiger partial charge on any atom is -0.356 e. The van der Waals surface area contributed by atoms with Crippen LogP contribution in [0, 0.1) is 0 Å². The first-order chi connectivity index (χ1) is 14.0. The molecule has 1 aliphatic carbocycles. The number of rotatable bonds is 6. The van der Waals surface area contributed by atoms with Crippen LogP contribution in [0.4, 0.5) is 20.4 Å². The highest BCUT2D eigenvalue weighted by atomic mass is 32.1. The van der Waals surface area contributed by atoms with Crippen LogP contribution in [-0.4, -0.2) is 65.0 Å². The minimum atomic E-state index is -2.54. The fraction of sp³-hybridized carbons (Fsp3) is 0.650. The van der Waals surface area contributed by atoms with Crippen molar-refractivity contribution in [1.29, 1.82) is 0 Å². The van der Waals surface area contributed by atoms with Gasteiger partial charge in [-0.3, -0.25) is 4.90 Å². The molecule has 3 aliphatic rings. The molecule has 6 nitrogen and oxygen atoms in total. The molecule has 9 heteroatoms. The lowest BCUT2D eigenvalue weighted by molar-refractivity contribution is -0.0221. The summed E-state index contributed by atoms with van der Waals surface area (Å²) in [6.07, 6.45) is 3.91. The molecular weight excluding hydrogens is 394 g/mol. The number of piperidine rings is 1. The Morgan fingerprint density at radius 1 is 1.14 bits per heavy atom. The molecule has 3 fully saturated rings. The number of hydrogen-bond donors (Lipinski definition) is 0. The number of nitrogens with zero attached hydrogens (tertiary/aromatic N) is 6. The predicted molar refractivity (Wildman–Crippen MR) is 110 cm³/mol. The molecular formula is C20H26F2N6S. The van der Waals surface area contributed by atoms with E-state index in [1.807, 2.05) is 11.0 Å². The van der Waals surface area contributed by atoms with Gasteiger partial charge in [0, 0.05) is 69.0 Å². The predicted octanol–water partition coefficient (Wildman–Crippen LogP) is 3.37. The van der Waals surface area contributed by atoms with Gasteiger partial charge in [0.15, 0.2) is 0 Å². The highest BCUT2D eigenvalue weighted by molar-refractivity contribution is 7.09. The van der Waals surface area contributed by atoms with Gasteiger partial charge in [0.25, 0.3) is 5.92 Å². The van der Waals surface area contributed by atoms with Crippen molar-refractivity contribution in [3.05, 3.63) is 28.5 Å². The van der Waals surface area contributed by atoms with E-state index < -0.39 is 5.92 Å². The number of alkyl halides is 2. The summed E-state index contributed by atoms with van der Waals surface area (Å²) < 4.78 is 26.8. The van der Waals surface area contributed by atoms with Crippen molar-refractivity contribution in [2.75, 3.05) is 43.0 Å². The van der Waals surface area contributed by atoms with Gasteiger partial charge in [-0.25, -0.2) is 23.7 Å². The molecule has 0 bridgehead atoms. The van der Waals surface area contributed by atoms with Crippen LogP contribution in [0.5, 0.6) is 0 Å². The molecule has 0 atom stereocenters. The van der Waals surface area contributed by atoms with E-state index in [9.17, 15) is 8.78 Å². The maximum atomic E-state index is 13.4. The highest BCUT2D eigenvalue weighted by Crippen LogP contribution is 2.41. The van der Waals surface area contributed by atoms with E-state index in [-0.39, 0.29) is 12.8 Å². The highest BCUT2D eigenvalue weighted by Gasteiger charge is 2.35. The summed E-state index contributed by atoms with van der Waals surface area (Å²) >= 11 is 1.80. The van der Waals surface area contributed by atoms with E-state index in [1.54, 1.807) is 17.7 Å². The van der Waals surface area contributed by atoms with E-state index >= 15 is 0 Å². The van der Waals surface area contributed by atoms with Crippen LogP contribution < -0.4 is 9.80 Å². The van der Waals surface area contributed by atoms with Crippen molar-refractivity contribution in [2.24, 2.45) is 0 Å². The van der Waals surface area contributed by atoms with E-state index in [0.29, 0.717) is 19.1 Å². The number of likely N-dealkylation sites (N-methyl/N-ethyl adjacent to an activating group) is 1. The van der Waals surface area contributed by atoms with Crippen LogP contribution >= 0.6 is 11.3 Å². The summed E-state index contributed by atoms with van der Waals surface area (Å²) in [5.74, 6) is -0.200. The molecule has 1 saturated carbocycles. The summed E-state index contributed by atoms with van der Waals surface area (Å²) in [5, 5.41) is 3.49. The normalized spacial score (nSPS) is 22.2. The number of hydrogen-bond acceptors (Lipinski definition) is 7. The molecule has 2 aromatic rings. The monoisotopic (exact) mass is 420 g/mol. The van der Waals surface area contributed by atoms with Gasteiger partial charge in [-0.15, -0.1) is 11.3 Å². The topological polar surface area (TPSA) is 48.4 Å². The first-order valence-corrected chi connectivity index (χ1v) is 11.2. The zero-order chi connectivity index (χ0) is 20.0. The SMILES string of the molecule is CN(Cc1csc(C2CC2)n1)C1CN(c2cc(N3CCC(F)(F)CC3)ncn2)C1. The first kappa shape index (κ1) is 19.1. The van der Waals surface area contributed by atoms with Gasteiger partial charge in [-0.05, 0) is 19.9 Å². The minimum absolute atomic E-state index is 0.109. The second kappa shape index (κ2) is 7.43. The van der Waals surface area contributed by atoms with Gasteiger partial charge in [0.05, 0.1) is 10.7 Å². The van der Waals surface area contributed by atoms with Gasteiger partial charge in [0.1, 0.15) is 18.0 Å². The smallest absolute Gasteiger partial charge is 0.251 e. The van der Waals surface area contributed by atoms with Crippen LogP contribution in [0.15, 0.2) is 17.8 Å². The maximum Gasteiger partial charge on any atom is 0.251 e. The third-order valence-electron chi connectivity index (χ3n) is 6.17. The number of anilines is 2. The molecule has 2 aliphatic heterocycles. The molecule has 0 amide bonds. The first-order valence-electron chi connectivity index (χ1n) is 10.3. The number of thiazole rings is 1. The molecule has 2 saturated heterocycles. The van der Waals surface area contributed by atoms with Gasteiger partial charge in [-0.2, -0.15) is 0 Å². The molecule has 4 heterocycles. The average molecular weight is 421 g/mol.